The molecule has 1 aromatic rings. The molecule has 100 valence electrons. The highest BCUT2D eigenvalue weighted by Gasteiger charge is 2.20. The number of nitrogens with two attached hydrogens (primary N) is 1. The first-order valence-electron chi connectivity index (χ1n) is 7.26. The zero-order valence-electron chi connectivity index (χ0n) is 11.5. The molecule has 2 heteroatoms. The van der Waals surface area contributed by atoms with Crippen molar-refractivity contribution < 1.29 is 0 Å². The summed E-state index contributed by atoms with van der Waals surface area (Å²) in [6, 6.07) is 10.8. The van der Waals surface area contributed by atoms with Crippen LogP contribution in [0.15, 0.2) is 30.3 Å². The average molecular weight is 246 g/mol. The smallest absolute Gasteiger partial charge is 0.0233 e. The van der Waals surface area contributed by atoms with Crippen molar-refractivity contribution in [2.24, 2.45) is 17.6 Å². The number of hydrogen-bond donors (Lipinski definition) is 1. The van der Waals surface area contributed by atoms with Crippen LogP contribution in [0.2, 0.25) is 0 Å². The minimum absolute atomic E-state index is 0.682. The molecule has 18 heavy (non-hydrogen) atoms. The standard InChI is InChI=1S/C16H26N2/c1-14(12-17)16-8-5-10-18(11-9-16)13-15-6-3-2-4-7-15/h2-4,6-7,14,16H,5,8-13,17H2,1H3. The molecule has 1 aromatic carbocycles. The molecule has 0 spiro atoms. The Morgan fingerprint density at radius 1 is 1.22 bits per heavy atom. The molecule has 1 aliphatic heterocycles. The molecule has 0 radical (unpaired) electrons. The number of rotatable bonds is 4. The number of nitrogens with zero attached hydrogens (tertiary/aromatic N) is 1. The fourth-order valence-electron chi connectivity index (χ4n) is 2.94. The van der Waals surface area contributed by atoms with E-state index in [1.54, 1.807) is 0 Å². The topological polar surface area (TPSA) is 29.3 Å². The van der Waals surface area contributed by atoms with Gasteiger partial charge in [-0.1, -0.05) is 37.3 Å². The van der Waals surface area contributed by atoms with Gasteiger partial charge >= 0.3 is 0 Å². The summed E-state index contributed by atoms with van der Waals surface area (Å²) in [7, 11) is 0. The zero-order valence-corrected chi connectivity index (χ0v) is 11.5. The first-order valence-corrected chi connectivity index (χ1v) is 7.26. The van der Waals surface area contributed by atoms with Gasteiger partial charge in [0.1, 0.15) is 0 Å². The van der Waals surface area contributed by atoms with Gasteiger partial charge in [-0.2, -0.15) is 0 Å². The molecule has 0 aliphatic carbocycles. The fourth-order valence-corrected chi connectivity index (χ4v) is 2.94. The second-order valence-corrected chi connectivity index (χ2v) is 5.67. The molecule has 1 heterocycles. The Balaban J connectivity index is 1.86. The minimum atomic E-state index is 0.682. The van der Waals surface area contributed by atoms with Crippen LogP contribution in [-0.2, 0) is 6.54 Å². The van der Waals surface area contributed by atoms with Gasteiger partial charge in [0, 0.05) is 6.54 Å². The van der Waals surface area contributed by atoms with E-state index in [9.17, 15) is 0 Å². The summed E-state index contributed by atoms with van der Waals surface area (Å²) in [6.07, 6.45) is 3.98. The van der Waals surface area contributed by atoms with Gasteiger partial charge in [-0.3, -0.25) is 4.90 Å². The van der Waals surface area contributed by atoms with E-state index in [4.69, 9.17) is 5.73 Å². The van der Waals surface area contributed by atoms with Crippen LogP contribution in [0.4, 0.5) is 0 Å². The van der Waals surface area contributed by atoms with Crippen LogP contribution < -0.4 is 5.73 Å². The molecular weight excluding hydrogens is 220 g/mol. The third-order valence-corrected chi connectivity index (χ3v) is 4.29. The van der Waals surface area contributed by atoms with Gasteiger partial charge in [-0.05, 0) is 56.3 Å². The lowest BCUT2D eigenvalue weighted by atomic mass is 9.88. The Hall–Kier alpha value is -0.860. The predicted octanol–water partition coefficient (Wildman–Crippen LogP) is 2.88. The van der Waals surface area contributed by atoms with Crippen LogP contribution in [0, 0.1) is 11.8 Å². The summed E-state index contributed by atoms with van der Waals surface area (Å²) >= 11 is 0. The van der Waals surface area contributed by atoms with Crippen LogP contribution in [0.3, 0.4) is 0 Å². The van der Waals surface area contributed by atoms with Gasteiger partial charge in [0.2, 0.25) is 0 Å². The molecule has 2 atom stereocenters. The van der Waals surface area contributed by atoms with Crippen LogP contribution >= 0.6 is 0 Å². The lowest BCUT2D eigenvalue weighted by Gasteiger charge is -2.22. The first kappa shape index (κ1) is 13.6. The Labute approximate surface area is 111 Å². The molecule has 0 amide bonds. The molecule has 1 aliphatic rings. The van der Waals surface area contributed by atoms with Gasteiger partial charge in [-0.15, -0.1) is 0 Å². The van der Waals surface area contributed by atoms with Gasteiger partial charge in [0.15, 0.2) is 0 Å². The Morgan fingerprint density at radius 3 is 2.72 bits per heavy atom. The van der Waals surface area contributed by atoms with Crippen molar-refractivity contribution in [1.29, 1.82) is 0 Å². The first-order chi connectivity index (χ1) is 8.79. The molecule has 2 unspecified atom stereocenters. The summed E-state index contributed by atoms with van der Waals surface area (Å²) in [5.74, 6) is 1.51. The monoisotopic (exact) mass is 246 g/mol. The summed E-state index contributed by atoms with van der Waals surface area (Å²) in [5.41, 5.74) is 7.23. The normalized spacial score (nSPS) is 23.6. The quantitative estimate of drug-likeness (QED) is 0.885. The summed E-state index contributed by atoms with van der Waals surface area (Å²) in [4.78, 5) is 2.60. The van der Waals surface area contributed by atoms with Crippen LogP contribution in [-0.4, -0.2) is 24.5 Å². The maximum Gasteiger partial charge on any atom is 0.0233 e. The van der Waals surface area contributed by atoms with E-state index in [2.05, 4.69) is 42.2 Å². The van der Waals surface area contributed by atoms with Crippen molar-refractivity contribution in [3.8, 4) is 0 Å². The number of benzene rings is 1. The van der Waals surface area contributed by atoms with Gasteiger partial charge in [0.25, 0.3) is 0 Å². The second-order valence-electron chi connectivity index (χ2n) is 5.67. The van der Waals surface area contributed by atoms with Gasteiger partial charge in [-0.25, -0.2) is 0 Å². The molecule has 0 bridgehead atoms. The number of hydrogen-bond acceptors (Lipinski definition) is 2. The number of likely N-dealkylation sites (tertiary alicyclic amines) is 1. The minimum Gasteiger partial charge on any atom is -0.330 e. The van der Waals surface area contributed by atoms with E-state index < -0.39 is 0 Å². The van der Waals surface area contributed by atoms with Crippen molar-refractivity contribution in [1.82, 2.24) is 4.90 Å². The lowest BCUT2D eigenvalue weighted by molar-refractivity contribution is 0.262. The second kappa shape index (κ2) is 6.91. The van der Waals surface area contributed by atoms with E-state index in [1.807, 2.05) is 0 Å². The van der Waals surface area contributed by atoms with Crippen molar-refractivity contribution in [2.75, 3.05) is 19.6 Å². The van der Waals surface area contributed by atoms with E-state index in [0.29, 0.717) is 5.92 Å². The van der Waals surface area contributed by atoms with E-state index >= 15 is 0 Å². The fraction of sp³-hybridized carbons (Fsp3) is 0.625. The third-order valence-electron chi connectivity index (χ3n) is 4.29. The molecule has 2 N–H and O–H groups in total. The van der Waals surface area contributed by atoms with Crippen molar-refractivity contribution >= 4 is 0 Å². The summed E-state index contributed by atoms with van der Waals surface area (Å²) < 4.78 is 0. The van der Waals surface area contributed by atoms with Crippen molar-refractivity contribution in [3.05, 3.63) is 35.9 Å². The van der Waals surface area contributed by atoms with Gasteiger partial charge < -0.3 is 5.73 Å². The summed E-state index contributed by atoms with van der Waals surface area (Å²) in [5, 5.41) is 0. The maximum absolute atomic E-state index is 5.80. The lowest BCUT2D eigenvalue weighted by Crippen LogP contribution is -2.25. The largest absolute Gasteiger partial charge is 0.330 e. The Kier molecular flexibility index (Phi) is 5.21. The molecule has 1 saturated heterocycles. The van der Waals surface area contributed by atoms with Crippen molar-refractivity contribution in [2.45, 2.75) is 32.7 Å². The molecular formula is C16H26N2. The van der Waals surface area contributed by atoms with Crippen LogP contribution in [0.5, 0.6) is 0 Å². The van der Waals surface area contributed by atoms with E-state index in [-0.39, 0.29) is 0 Å². The van der Waals surface area contributed by atoms with E-state index in [1.165, 1.54) is 37.9 Å². The SMILES string of the molecule is CC(CN)C1CCCN(Cc2ccccc2)CC1. The highest BCUT2D eigenvalue weighted by Crippen LogP contribution is 2.25. The molecule has 2 rings (SSSR count). The molecule has 1 fully saturated rings. The summed E-state index contributed by atoms with van der Waals surface area (Å²) in [6.45, 7) is 6.71. The third kappa shape index (κ3) is 3.82. The Bertz CT molecular complexity index is 336. The highest BCUT2D eigenvalue weighted by atomic mass is 15.1. The molecule has 2 nitrogen and oxygen atoms in total. The maximum atomic E-state index is 5.80. The zero-order chi connectivity index (χ0) is 12.8. The average Bonchev–Trinajstić information content (AvgIpc) is 2.65. The predicted molar refractivity (Wildman–Crippen MR) is 77.3 cm³/mol. The van der Waals surface area contributed by atoms with Crippen LogP contribution in [0.1, 0.15) is 31.7 Å². The van der Waals surface area contributed by atoms with Crippen LogP contribution in [0.25, 0.3) is 0 Å². The van der Waals surface area contributed by atoms with E-state index in [0.717, 1.165) is 19.0 Å². The Morgan fingerprint density at radius 2 is 2.00 bits per heavy atom. The van der Waals surface area contributed by atoms with Gasteiger partial charge in [0.05, 0.1) is 0 Å². The molecule has 0 saturated carbocycles. The molecule has 0 aromatic heterocycles. The van der Waals surface area contributed by atoms with Crippen molar-refractivity contribution in [3.63, 3.8) is 0 Å². The highest BCUT2D eigenvalue weighted by molar-refractivity contribution is 5.14.